The normalized spacial score (nSPS) is 12.2. The minimum atomic E-state index is 0.127. The number of para-hydroxylation sites is 2. The summed E-state index contributed by atoms with van der Waals surface area (Å²) in [5.41, 5.74) is 12.1. The van der Waals surface area contributed by atoms with Crippen LogP contribution in [0.15, 0.2) is 230 Å². The highest BCUT2D eigenvalue weighted by Gasteiger charge is 2.18. The first-order chi connectivity index (χ1) is 29.4. The molecule has 2 nitrogen and oxygen atoms in total. The van der Waals surface area contributed by atoms with Crippen molar-refractivity contribution in [2.24, 2.45) is 0 Å². The monoisotopic (exact) mass is 718 g/mol. The Labute approximate surface area is 333 Å². The van der Waals surface area contributed by atoms with Gasteiger partial charge in [0.1, 0.15) is 0 Å². The highest BCUT2D eigenvalue weighted by Crippen LogP contribution is 2.41. The zero-order chi connectivity index (χ0) is 40.7. The molecule has 0 saturated heterocycles. The first-order valence-electron chi connectivity index (χ1n) is 20.8. The van der Waals surface area contributed by atoms with Gasteiger partial charge in [0, 0.05) is 33.5 Å². The van der Waals surface area contributed by atoms with E-state index in [9.17, 15) is 5.48 Å². The van der Waals surface area contributed by atoms with Gasteiger partial charge in [-0.05, 0) is 111 Å². The highest BCUT2D eigenvalue weighted by molar-refractivity contribution is 6.15. The summed E-state index contributed by atoms with van der Waals surface area (Å²) in [7, 11) is 0. The molecule has 0 N–H and O–H groups in total. The molecule has 0 radical (unpaired) electrons. The van der Waals surface area contributed by atoms with Crippen LogP contribution in [0.1, 0.15) is 5.48 Å². The second kappa shape index (κ2) is 14.4. The van der Waals surface area contributed by atoms with Crippen LogP contribution in [0.2, 0.25) is 0 Å². The minimum Gasteiger partial charge on any atom is -0.310 e. The van der Waals surface area contributed by atoms with Gasteiger partial charge < -0.3 is 9.47 Å². The van der Waals surface area contributed by atoms with Crippen molar-refractivity contribution in [1.82, 2.24) is 4.57 Å². The summed E-state index contributed by atoms with van der Waals surface area (Å²) in [5.74, 6) is 0. The van der Waals surface area contributed by atoms with E-state index in [0.717, 1.165) is 61.2 Å². The number of hydrogen-bond acceptors (Lipinski definition) is 1. The second-order valence-electron chi connectivity index (χ2n) is 13.8. The van der Waals surface area contributed by atoms with Crippen LogP contribution in [-0.2, 0) is 0 Å². The third-order valence-electron chi connectivity index (χ3n) is 10.4. The van der Waals surface area contributed by atoms with Crippen LogP contribution >= 0.6 is 0 Å². The van der Waals surface area contributed by atoms with E-state index in [1.165, 1.54) is 10.8 Å². The van der Waals surface area contributed by atoms with Gasteiger partial charge in [-0.3, -0.25) is 0 Å². The van der Waals surface area contributed by atoms with Crippen LogP contribution in [0.25, 0.3) is 72.0 Å². The molecule has 0 unspecified atom stereocenters. The molecule has 0 amide bonds. The molecule has 1 aromatic heterocycles. The zero-order valence-electron chi connectivity index (χ0n) is 34.5. The Hall–Kier alpha value is -7.42. The summed E-state index contributed by atoms with van der Waals surface area (Å²) >= 11 is 0. The Bertz CT molecular complexity index is 3050. The Morgan fingerprint density at radius 3 is 1.45 bits per heavy atom. The third kappa shape index (κ3) is 6.14. The van der Waals surface area contributed by atoms with Crippen molar-refractivity contribution >= 4 is 38.9 Å². The maximum Gasteiger partial charge on any atom is 0.0645 e. The predicted molar refractivity (Wildman–Crippen MR) is 237 cm³/mol. The Morgan fingerprint density at radius 1 is 0.339 bits per heavy atom. The molecule has 0 aliphatic carbocycles. The first kappa shape index (κ1) is 29.0. The van der Waals surface area contributed by atoms with Crippen LogP contribution in [0.5, 0.6) is 0 Å². The fourth-order valence-electron chi connectivity index (χ4n) is 7.78. The molecular formula is C54H38N2. The summed E-state index contributed by atoms with van der Waals surface area (Å²) in [6.45, 7) is 0. The number of hydrogen-bond donors (Lipinski definition) is 0. The number of nitrogens with zero attached hydrogens (tertiary/aromatic N) is 2. The van der Waals surface area contributed by atoms with Gasteiger partial charge in [-0.25, -0.2) is 0 Å². The molecular weight excluding hydrogens is 677 g/mol. The predicted octanol–water partition coefficient (Wildman–Crippen LogP) is 14.9. The molecule has 10 rings (SSSR count). The van der Waals surface area contributed by atoms with Crippen LogP contribution in [0.3, 0.4) is 0 Å². The van der Waals surface area contributed by atoms with Gasteiger partial charge in [0.25, 0.3) is 0 Å². The van der Waals surface area contributed by atoms with Gasteiger partial charge in [-0.1, -0.05) is 164 Å². The molecule has 0 spiro atoms. The molecule has 56 heavy (non-hydrogen) atoms. The van der Waals surface area contributed by atoms with Crippen LogP contribution in [-0.4, -0.2) is 4.57 Å². The van der Waals surface area contributed by atoms with Gasteiger partial charge in [0.2, 0.25) is 0 Å². The molecule has 0 bridgehead atoms. The van der Waals surface area contributed by atoms with E-state index in [4.69, 9.17) is 0 Å². The van der Waals surface area contributed by atoms with Gasteiger partial charge in [0.05, 0.1) is 16.5 Å². The van der Waals surface area contributed by atoms with Crippen molar-refractivity contribution < 1.29 is 5.48 Å². The number of fused-ring (bicyclic) bond motifs is 3. The lowest BCUT2D eigenvalue weighted by Gasteiger charge is -2.26. The van der Waals surface area contributed by atoms with E-state index < -0.39 is 0 Å². The Morgan fingerprint density at radius 2 is 0.804 bits per heavy atom. The smallest absolute Gasteiger partial charge is 0.0645 e. The average Bonchev–Trinajstić information content (AvgIpc) is 3.63. The van der Waals surface area contributed by atoms with Crippen LogP contribution in [0, 0.1) is 0 Å². The highest BCUT2D eigenvalue weighted by atomic mass is 15.1. The van der Waals surface area contributed by atoms with Crippen molar-refractivity contribution in [2.45, 2.75) is 0 Å². The van der Waals surface area contributed by atoms with E-state index in [0.29, 0.717) is 17.1 Å². The third-order valence-corrected chi connectivity index (χ3v) is 10.4. The molecule has 0 aliphatic heterocycles. The van der Waals surface area contributed by atoms with Crippen molar-refractivity contribution in [2.75, 3.05) is 4.90 Å². The summed E-state index contributed by atoms with van der Waals surface area (Å²) in [5, 5.41) is 2.37. The summed E-state index contributed by atoms with van der Waals surface area (Å²) in [4.78, 5) is 1.76. The Balaban J connectivity index is 1.12. The lowest BCUT2D eigenvalue weighted by molar-refractivity contribution is 1.18. The second-order valence-corrected chi connectivity index (χ2v) is 13.8. The summed E-state index contributed by atoms with van der Waals surface area (Å²) < 4.78 is 39.9. The van der Waals surface area contributed by atoms with Crippen molar-refractivity contribution in [3.05, 3.63) is 230 Å². The quantitative estimate of drug-likeness (QED) is 0.152. The lowest BCUT2D eigenvalue weighted by Crippen LogP contribution is -2.10. The van der Waals surface area contributed by atoms with E-state index in [-0.39, 0.29) is 24.2 Å². The molecule has 9 aromatic carbocycles. The van der Waals surface area contributed by atoms with E-state index in [2.05, 4.69) is 102 Å². The molecule has 0 aliphatic rings. The van der Waals surface area contributed by atoms with Crippen molar-refractivity contribution in [1.29, 1.82) is 0 Å². The van der Waals surface area contributed by atoms with Crippen molar-refractivity contribution in [3.63, 3.8) is 0 Å². The van der Waals surface area contributed by atoms with E-state index in [1.54, 1.807) is 29.2 Å². The molecule has 0 atom stereocenters. The number of aromatic nitrogens is 1. The molecule has 0 saturated carbocycles. The molecule has 10 aromatic rings. The van der Waals surface area contributed by atoms with E-state index in [1.807, 2.05) is 84.9 Å². The number of benzene rings is 9. The summed E-state index contributed by atoms with van der Waals surface area (Å²) in [6, 6.07) is 69.2. The first-order valence-corrected chi connectivity index (χ1v) is 18.8. The van der Waals surface area contributed by atoms with Gasteiger partial charge in [-0.2, -0.15) is 0 Å². The van der Waals surface area contributed by atoms with Gasteiger partial charge in [0.15, 0.2) is 0 Å². The average molecular weight is 719 g/mol. The standard InChI is InChI=1S/C54H38N2/c1-4-15-39(16-5-1)41-29-33-47(34-30-41)55(48-35-31-42(32-36-48)40-17-6-2-7-18-40)49-24-13-20-44(38-49)43-19-12-21-45(37-43)50-26-14-28-53-54(50)51-25-10-11-27-52(51)56(53)46-22-8-3-9-23-46/h1-38H/i33D,34D,35D,36D. The fraction of sp³-hybridized carbons (Fsp3) is 0. The Kier molecular flexibility index (Phi) is 7.47. The number of anilines is 3. The van der Waals surface area contributed by atoms with E-state index >= 15 is 0 Å². The minimum absolute atomic E-state index is 0.127. The maximum absolute atomic E-state index is 9.38. The number of rotatable bonds is 8. The van der Waals surface area contributed by atoms with Crippen molar-refractivity contribution in [3.8, 4) is 50.2 Å². The molecule has 264 valence electrons. The maximum atomic E-state index is 9.38. The SMILES string of the molecule is [2H]c1cc(-c2ccccc2)cc([2H])c1N(c1cccc(-c2cccc(-c3cccc4c3c3ccccc3n4-c3ccccc3)c2)c1)c1c([2H])cc(-c2ccccc2)cc1[2H]. The largest absolute Gasteiger partial charge is 0.310 e. The fourth-order valence-corrected chi connectivity index (χ4v) is 7.78. The summed E-state index contributed by atoms with van der Waals surface area (Å²) in [6.07, 6.45) is 0. The molecule has 2 heteroatoms. The topological polar surface area (TPSA) is 8.17 Å². The molecule has 0 fully saturated rings. The van der Waals surface area contributed by atoms with Gasteiger partial charge in [-0.15, -0.1) is 0 Å². The van der Waals surface area contributed by atoms with Crippen LogP contribution in [0.4, 0.5) is 17.1 Å². The molecule has 1 heterocycles. The zero-order valence-corrected chi connectivity index (χ0v) is 30.5. The lowest BCUT2D eigenvalue weighted by atomic mass is 9.95. The van der Waals surface area contributed by atoms with Gasteiger partial charge >= 0.3 is 0 Å². The van der Waals surface area contributed by atoms with Crippen LogP contribution < -0.4 is 4.90 Å².